The summed E-state index contributed by atoms with van der Waals surface area (Å²) in [5.41, 5.74) is 3.46. The zero-order valence-electron chi connectivity index (χ0n) is 25.5. The molecule has 2 N–H and O–H groups in total. The van der Waals surface area contributed by atoms with Crippen molar-refractivity contribution < 1.29 is 23.3 Å². The third-order valence-electron chi connectivity index (χ3n) is 9.03. The van der Waals surface area contributed by atoms with Crippen molar-refractivity contribution in [2.75, 3.05) is 36.0 Å². The molecule has 0 aromatic heterocycles. The number of nitrogens with zero attached hydrogens (tertiary/aromatic N) is 2. The molecule has 0 spiro atoms. The summed E-state index contributed by atoms with van der Waals surface area (Å²) in [6.45, 7) is 1.36. The number of hydrogen-bond acceptors (Lipinski definition) is 7. The molecular formula is C33H41ClN4O5S2. The van der Waals surface area contributed by atoms with E-state index in [1.807, 2.05) is 18.2 Å². The maximum atomic E-state index is 14.0. The molecule has 0 saturated heterocycles. The van der Waals surface area contributed by atoms with Gasteiger partial charge in [0, 0.05) is 42.6 Å². The van der Waals surface area contributed by atoms with Gasteiger partial charge in [0.25, 0.3) is 5.91 Å². The van der Waals surface area contributed by atoms with Crippen molar-refractivity contribution in [1.82, 2.24) is 10.0 Å². The Morgan fingerprint density at radius 2 is 2.02 bits per heavy atom. The standard InChI is InChI=1S/C33H41ClN4O5S2/c1-42-30-5-3-2-4-16-45(41,37-33(40)35-27-10-11-27)36-32(39)23-8-13-31-29(18-23)38(20-25-7-12-28(25)30)19-24-6-9-26(34)17-22(24)14-15-44-21-43-31/h3,5-6,8-9,13,17-18,25,27-28,30H,2,4,7,10-12,14-16,19-21H2,1H3,(H2,35,36,37,39,40,41)/b5-3+/t25-,28+,30-,45-/m0/s1. The Bertz CT molecular complexity index is 1570. The highest BCUT2D eigenvalue weighted by molar-refractivity contribution is 7.99. The molecular weight excluding hydrogens is 632 g/mol. The number of hydrogen-bond donors (Lipinski definition) is 2. The van der Waals surface area contributed by atoms with Gasteiger partial charge in [-0.25, -0.2) is 9.00 Å². The van der Waals surface area contributed by atoms with Gasteiger partial charge in [0.2, 0.25) is 0 Å². The Morgan fingerprint density at radius 1 is 1.16 bits per heavy atom. The van der Waals surface area contributed by atoms with Crippen molar-refractivity contribution in [2.45, 2.75) is 63.6 Å². The minimum Gasteiger partial charge on any atom is -0.481 e. The number of rotatable bonds is 3. The zero-order chi connectivity index (χ0) is 31.4. The fourth-order valence-corrected chi connectivity index (χ4v) is 8.66. The molecule has 0 unspecified atom stereocenters. The van der Waals surface area contributed by atoms with Crippen LogP contribution in [0.2, 0.25) is 5.02 Å². The van der Waals surface area contributed by atoms with Gasteiger partial charge in [0.15, 0.2) is 0 Å². The lowest BCUT2D eigenvalue weighted by atomic mass is 9.70. The molecule has 4 aliphatic rings. The SMILES string of the molecule is CO[C@H]1/C=C/CCC[S@@](=O)(NC(=O)NC2CC2)=NC(=O)c2ccc3c(c2)N(Cc2ccc(Cl)cc2CCSCO3)C[C@@H]2CC[C@H]21. The largest absolute Gasteiger partial charge is 0.481 e. The van der Waals surface area contributed by atoms with Crippen molar-refractivity contribution in [1.29, 1.82) is 0 Å². The van der Waals surface area contributed by atoms with Crippen molar-refractivity contribution in [3.05, 3.63) is 70.3 Å². The van der Waals surface area contributed by atoms with Gasteiger partial charge in [-0.05, 0) is 98.2 Å². The number of allylic oxidation sites excluding steroid dienone is 1. The van der Waals surface area contributed by atoms with Crippen LogP contribution < -0.4 is 19.7 Å². The molecule has 2 aliphatic carbocycles. The summed E-state index contributed by atoms with van der Waals surface area (Å²) in [6, 6.07) is 10.9. The summed E-state index contributed by atoms with van der Waals surface area (Å²) in [6.07, 6.45) is 10.0. The first-order chi connectivity index (χ1) is 21.8. The monoisotopic (exact) mass is 672 g/mol. The number of ether oxygens (including phenoxy) is 2. The highest BCUT2D eigenvalue weighted by Crippen LogP contribution is 2.42. The Labute approximate surface area is 275 Å². The van der Waals surface area contributed by atoms with E-state index in [0.29, 0.717) is 53.5 Å². The van der Waals surface area contributed by atoms with Crippen LogP contribution in [0, 0.1) is 11.8 Å². The van der Waals surface area contributed by atoms with Crippen LogP contribution >= 0.6 is 23.4 Å². The van der Waals surface area contributed by atoms with Gasteiger partial charge < -0.3 is 19.7 Å². The molecule has 2 aliphatic heterocycles. The number of carbonyl (C=O) groups excluding carboxylic acids is 2. The quantitative estimate of drug-likeness (QED) is 0.366. The molecule has 12 heteroatoms. The molecule has 0 radical (unpaired) electrons. The van der Waals surface area contributed by atoms with E-state index in [-0.39, 0.29) is 17.9 Å². The van der Waals surface area contributed by atoms with Crippen molar-refractivity contribution in [3.63, 3.8) is 0 Å². The van der Waals surface area contributed by atoms with Crippen molar-refractivity contribution in [2.24, 2.45) is 16.2 Å². The van der Waals surface area contributed by atoms with E-state index in [0.717, 1.165) is 50.1 Å². The Hall–Kier alpha value is -2.73. The highest BCUT2D eigenvalue weighted by Gasteiger charge is 2.38. The minimum absolute atomic E-state index is 0.0387. The molecule has 2 heterocycles. The number of amides is 3. The number of nitrogens with one attached hydrogen (secondary N) is 2. The number of methoxy groups -OCH3 is 1. The van der Waals surface area contributed by atoms with Crippen molar-refractivity contribution in [3.8, 4) is 5.75 Å². The predicted molar refractivity (Wildman–Crippen MR) is 180 cm³/mol. The number of urea groups is 1. The van der Waals surface area contributed by atoms with Gasteiger partial charge in [-0.15, -0.1) is 16.1 Å². The van der Waals surface area contributed by atoms with Gasteiger partial charge in [-0.3, -0.25) is 9.52 Å². The second-order valence-corrected chi connectivity index (χ2v) is 15.8. The van der Waals surface area contributed by atoms with Crippen molar-refractivity contribution >= 4 is 50.9 Å². The van der Waals surface area contributed by atoms with Crippen LogP contribution in [0.15, 0.2) is 52.9 Å². The summed E-state index contributed by atoms with van der Waals surface area (Å²) in [4.78, 5) is 28.6. The van der Waals surface area contributed by atoms with Gasteiger partial charge in [0.05, 0.1) is 17.5 Å². The van der Waals surface area contributed by atoms with Crippen LogP contribution in [0.25, 0.3) is 0 Å². The summed E-state index contributed by atoms with van der Waals surface area (Å²) in [7, 11) is -1.63. The van der Waals surface area contributed by atoms with Crippen LogP contribution in [0.3, 0.4) is 0 Å². The molecule has 2 aromatic rings. The maximum Gasteiger partial charge on any atom is 0.327 e. The highest BCUT2D eigenvalue weighted by atomic mass is 35.5. The summed E-state index contributed by atoms with van der Waals surface area (Å²) < 4.78 is 33.0. The van der Waals surface area contributed by atoms with E-state index in [1.54, 1.807) is 31.0 Å². The number of thioether (sulfide) groups is 1. The second-order valence-electron chi connectivity index (χ2n) is 12.3. The molecule has 2 aromatic carbocycles. The maximum absolute atomic E-state index is 14.0. The number of halogens is 1. The lowest BCUT2D eigenvalue weighted by Crippen LogP contribution is -2.43. The van der Waals surface area contributed by atoms with Gasteiger partial charge >= 0.3 is 6.03 Å². The van der Waals surface area contributed by atoms with E-state index >= 15 is 0 Å². The normalized spacial score (nSPS) is 28.1. The molecule has 242 valence electrons. The zero-order valence-corrected chi connectivity index (χ0v) is 27.9. The fraction of sp³-hybridized carbons (Fsp3) is 0.515. The smallest absolute Gasteiger partial charge is 0.327 e. The molecule has 9 nitrogen and oxygen atoms in total. The number of aryl methyl sites for hydroxylation is 1. The number of carbonyl (C=O) groups is 2. The Morgan fingerprint density at radius 3 is 2.80 bits per heavy atom. The summed E-state index contributed by atoms with van der Waals surface area (Å²) >= 11 is 8.13. The van der Waals surface area contributed by atoms with E-state index in [2.05, 4.69) is 37.5 Å². The van der Waals surface area contributed by atoms with Crippen LogP contribution in [0.5, 0.6) is 5.75 Å². The Kier molecular flexibility index (Phi) is 10.3. The first-order valence-corrected chi connectivity index (χ1v) is 19.0. The third-order valence-corrected chi connectivity index (χ3v) is 11.8. The Balaban J connectivity index is 1.42. The predicted octanol–water partition coefficient (Wildman–Crippen LogP) is 6.35. The van der Waals surface area contributed by atoms with Crippen LogP contribution in [-0.4, -0.2) is 59.4 Å². The third kappa shape index (κ3) is 8.17. The first-order valence-electron chi connectivity index (χ1n) is 15.7. The fourth-order valence-electron chi connectivity index (χ4n) is 6.25. The van der Waals surface area contributed by atoms with E-state index in [4.69, 9.17) is 21.1 Å². The lowest BCUT2D eigenvalue weighted by Gasteiger charge is -2.43. The summed E-state index contributed by atoms with van der Waals surface area (Å²) in [5.74, 6) is 2.19. The van der Waals surface area contributed by atoms with Gasteiger partial charge in [-0.2, -0.15) is 0 Å². The first kappa shape index (κ1) is 32.2. The molecule has 3 amide bonds. The van der Waals surface area contributed by atoms with E-state index < -0.39 is 21.9 Å². The van der Waals surface area contributed by atoms with Gasteiger partial charge in [-0.1, -0.05) is 29.8 Å². The van der Waals surface area contributed by atoms with Crippen LogP contribution in [0.1, 0.15) is 60.0 Å². The number of anilines is 1. The minimum atomic E-state index is -3.38. The molecule has 4 atom stereocenters. The molecule has 6 rings (SSSR count). The van der Waals surface area contributed by atoms with E-state index in [9.17, 15) is 13.8 Å². The van der Waals surface area contributed by atoms with Gasteiger partial charge in [0.1, 0.15) is 21.6 Å². The van der Waals surface area contributed by atoms with E-state index in [1.165, 1.54) is 11.1 Å². The van der Waals surface area contributed by atoms with Crippen LogP contribution in [0.4, 0.5) is 10.5 Å². The molecule has 2 saturated carbocycles. The molecule has 2 fully saturated rings. The molecule has 45 heavy (non-hydrogen) atoms. The lowest BCUT2D eigenvalue weighted by molar-refractivity contribution is 0.0134. The average molecular weight is 673 g/mol. The van der Waals surface area contributed by atoms with Crippen LogP contribution in [-0.2, 0) is 27.6 Å². The second kappa shape index (κ2) is 14.4. The average Bonchev–Trinajstić information content (AvgIpc) is 3.81. The number of benzene rings is 2. The summed E-state index contributed by atoms with van der Waals surface area (Å²) in [5, 5.41) is 3.51. The number of fused-ring (bicyclic) bond motifs is 3. The molecule has 2 bridgehead atoms. The topological polar surface area (TPSA) is 109 Å².